The summed E-state index contributed by atoms with van der Waals surface area (Å²) in [5, 5.41) is 19.4. The fourth-order valence-corrected chi connectivity index (χ4v) is 7.75. The number of amides is 4. The Morgan fingerprint density at radius 3 is 2.08 bits per heavy atom. The summed E-state index contributed by atoms with van der Waals surface area (Å²) < 4.78 is 12.0. The summed E-state index contributed by atoms with van der Waals surface area (Å²) in [6, 6.07) is 6.86. The summed E-state index contributed by atoms with van der Waals surface area (Å²) in [6.07, 6.45) is 0.326. The molecule has 1 aliphatic rings. The molecule has 290 valence electrons. The average molecular weight is 718 g/mol. The minimum Gasteiger partial charge on any atom is -0.386 e. The van der Waals surface area contributed by atoms with Crippen molar-refractivity contribution in [1.29, 1.82) is 0 Å². The van der Waals surface area contributed by atoms with Crippen LogP contribution in [-0.4, -0.2) is 116 Å². The van der Waals surface area contributed by atoms with Gasteiger partial charge in [-0.05, 0) is 57.2 Å². The van der Waals surface area contributed by atoms with Crippen molar-refractivity contribution >= 4 is 23.6 Å². The summed E-state index contributed by atoms with van der Waals surface area (Å²) in [7, 11) is 6.72. The lowest BCUT2D eigenvalue weighted by Gasteiger charge is -2.43. The van der Waals surface area contributed by atoms with Gasteiger partial charge in [0.15, 0.2) is 0 Å². The topological polar surface area (TPSA) is 150 Å². The number of imide groups is 1. The van der Waals surface area contributed by atoms with Crippen molar-refractivity contribution in [1.82, 2.24) is 25.8 Å². The summed E-state index contributed by atoms with van der Waals surface area (Å²) in [6.45, 7) is 16.0. The minimum absolute atomic E-state index is 0.00429. The summed E-state index contributed by atoms with van der Waals surface area (Å²) >= 11 is 0. The molecule has 1 fully saturated rings. The molecule has 4 amide bonds. The van der Waals surface area contributed by atoms with Gasteiger partial charge in [-0.2, -0.15) is 0 Å². The van der Waals surface area contributed by atoms with E-state index < -0.39 is 42.4 Å². The molecular weight excluding hydrogens is 650 g/mol. The van der Waals surface area contributed by atoms with Crippen LogP contribution in [0.5, 0.6) is 0 Å². The van der Waals surface area contributed by atoms with E-state index in [0.717, 1.165) is 12.8 Å². The van der Waals surface area contributed by atoms with Crippen molar-refractivity contribution in [3.05, 3.63) is 35.9 Å². The highest BCUT2D eigenvalue weighted by Crippen LogP contribution is 2.30. The molecular formula is C39H67N5O7. The van der Waals surface area contributed by atoms with E-state index in [-0.39, 0.29) is 59.9 Å². The number of carbonyl (C=O) groups excluding carboxylic acids is 4. The van der Waals surface area contributed by atoms with E-state index in [1.807, 2.05) is 74.9 Å². The van der Waals surface area contributed by atoms with Crippen molar-refractivity contribution in [2.45, 2.75) is 130 Å². The van der Waals surface area contributed by atoms with E-state index in [4.69, 9.17) is 9.47 Å². The normalized spacial score (nSPS) is 20.3. The van der Waals surface area contributed by atoms with Crippen LogP contribution < -0.4 is 16.0 Å². The van der Waals surface area contributed by atoms with Crippen LogP contribution in [0.25, 0.3) is 0 Å². The number of aliphatic hydroxyl groups is 1. The zero-order chi connectivity index (χ0) is 38.6. The molecule has 0 aliphatic carbocycles. The molecule has 1 saturated heterocycles. The first-order valence-corrected chi connectivity index (χ1v) is 18.7. The standard InChI is InChI=1S/C39H67N5O7/c1-13-25(6)34(43(10)33(24(4)5)39(49)42-38(48)32(40-9)23(2)3)30(50-11)22-31(45)44-21-17-20-29(44)36(51-12)26(7)37(47)41-27(8)35(46)28-18-15-14-16-19-28/h14-16,18-19,23-27,29-30,32-36,40,46H,13,17,20-22H2,1-12H3,(H,41,47)(H,42,48,49)/t25-,26+,27+,29-,30+,32-,33-,34-,35+,36+/m0/s1. The number of rotatable bonds is 20. The molecule has 0 saturated carbocycles. The lowest BCUT2D eigenvalue weighted by Crippen LogP contribution is -2.60. The molecule has 0 radical (unpaired) electrons. The molecule has 0 unspecified atom stereocenters. The molecule has 1 aliphatic heterocycles. The minimum atomic E-state index is -0.873. The van der Waals surface area contributed by atoms with Crippen molar-refractivity contribution in [2.24, 2.45) is 23.7 Å². The molecule has 51 heavy (non-hydrogen) atoms. The Bertz CT molecular complexity index is 1250. The third-order valence-corrected chi connectivity index (χ3v) is 10.8. The lowest BCUT2D eigenvalue weighted by molar-refractivity contribution is -0.144. The Labute approximate surface area is 306 Å². The van der Waals surface area contributed by atoms with Crippen molar-refractivity contribution in [3.63, 3.8) is 0 Å². The first kappa shape index (κ1) is 44.3. The van der Waals surface area contributed by atoms with E-state index in [9.17, 15) is 24.3 Å². The lowest BCUT2D eigenvalue weighted by atomic mass is 9.87. The van der Waals surface area contributed by atoms with Gasteiger partial charge in [-0.1, -0.05) is 85.2 Å². The highest BCUT2D eigenvalue weighted by Gasteiger charge is 2.43. The molecule has 2 rings (SSSR count). The number of hydrogen-bond donors (Lipinski definition) is 4. The molecule has 0 bridgehead atoms. The summed E-state index contributed by atoms with van der Waals surface area (Å²) in [5.74, 6) is -1.80. The van der Waals surface area contributed by atoms with Gasteiger partial charge < -0.3 is 30.1 Å². The van der Waals surface area contributed by atoms with Gasteiger partial charge in [-0.15, -0.1) is 0 Å². The highest BCUT2D eigenvalue weighted by molar-refractivity contribution is 6.00. The number of ether oxygens (including phenoxy) is 2. The van der Waals surface area contributed by atoms with Crippen LogP contribution in [0.3, 0.4) is 0 Å². The van der Waals surface area contributed by atoms with E-state index in [1.54, 1.807) is 35.1 Å². The van der Waals surface area contributed by atoms with Crippen LogP contribution >= 0.6 is 0 Å². The van der Waals surface area contributed by atoms with Crippen molar-refractivity contribution in [2.75, 3.05) is 34.9 Å². The Morgan fingerprint density at radius 1 is 0.941 bits per heavy atom. The number of methoxy groups -OCH3 is 2. The number of likely N-dealkylation sites (N-methyl/N-ethyl adjacent to an activating group) is 2. The van der Waals surface area contributed by atoms with Gasteiger partial charge in [0.25, 0.3) is 0 Å². The van der Waals surface area contributed by atoms with Crippen LogP contribution in [0, 0.1) is 23.7 Å². The Kier molecular flexibility index (Phi) is 18.2. The molecule has 12 nitrogen and oxygen atoms in total. The number of nitrogens with zero attached hydrogens (tertiary/aromatic N) is 2. The van der Waals surface area contributed by atoms with Gasteiger partial charge in [0.2, 0.25) is 23.6 Å². The van der Waals surface area contributed by atoms with Crippen LogP contribution in [0.2, 0.25) is 0 Å². The highest BCUT2D eigenvalue weighted by atomic mass is 16.5. The monoisotopic (exact) mass is 718 g/mol. The van der Waals surface area contributed by atoms with Crippen LogP contribution in [0.4, 0.5) is 0 Å². The van der Waals surface area contributed by atoms with Gasteiger partial charge >= 0.3 is 0 Å². The van der Waals surface area contributed by atoms with Crippen LogP contribution in [0.15, 0.2) is 30.3 Å². The Hall–Kier alpha value is -2.90. The molecule has 12 heteroatoms. The zero-order valence-electron chi connectivity index (χ0n) is 33.1. The van der Waals surface area contributed by atoms with Gasteiger partial charge in [0.05, 0.1) is 54.8 Å². The Balaban J connectivity index is 2.25. The maximum Gasteiger partial charge on any atom is 0.244 e. The van der Waals surface area contributed by atoms with E-state index >= 15 is 0 Å². The van der Waals surface area contributed by atoms with Crippen molar-refractivity contribution in [3.8, 4) is 0 Å². The molecule has 1 aromatic rings. The van der Waals surface area contributed by atoms with Gasteiger partial charge in [-0.25, -0.2) is 0 Å². The summed E-state index contributed by atoms with van der Waals surface area (Å²) in [4.78, 5) is 58.1. The fraction of sp³-hybridized carbons (Fsp3) is 0.744. The van der Waals surface area contributed by atoms with E-state index in [1.165, 1.54) is 0 Å². The first-order chi connectivity index (χ1) is 24.0. The third-order valence-electron chi connectivity index (χ3n) is 10.8. The number of aliphatic hydroxyl groups excluding tert-OH is 1. The smallest absolute Gasteiger partial charge is 0.244 e. The number of nitrogens with one attached hydrogen (secondary N) is 3. The average Bonchev–Trinajstić information content (AvgIpc) is 3.57. The quantitative estimate of drug-likeness (QED) is 0.159. The van der Waals surface area contributed by atoms with Crippen molar-refractivity contribution < 1.29 is 33.8 Å². The molecule has 10 atom stereocenters. The third kappa shape index (κ3) is 11.5. The molecule has 0 spiro atoms. The fourth-order valence-electron chi connectivity index (χ4n) is 7.75. The second kappa shape index (κ2) is 21.0. The summed E-state index contributed by atoms with van der Waals surface area (Å²) in [5.41, 5.74) is 0.713. The van der Waals surface area contributed by atoms with E-state index in [0.29, 0.717) is 18.5 Å². The molecule has 1 heterocycles. The van der Waals surface area contributed by atoms with Crippen LogP contribution in [0.1, 0.15) is 92.7 Å². The number of carbonyl (C=O) groups is 4. The maximum absolute atomic E-state index is 14.2. The predicted molar refractivity (Wildman–Crippen MR) is 200 cm³/mol. The predicted octanol–water partition coefficient (Wildman–Crippen LogP) is 3.53. The van der Waals surface area contributed by atoms with Crippen LogP contribution in [-0.2, 0) is 28.7 Å². The van der Waals surface area contributed by atoms with E-state index in [2.05, 4.69) is 29.8 Å². The van der Waals surface area contributed by atoms with Gasteiger partial charge in [0, 0.05) is 26.8 Å². The number of hydrogen-bond acceptors (Lipinski definition) is 9. The second-order valence-corrected chi connectivity index (χ2v) is 15.0. The number of likely N-dealkylation sites (tertiary alicyclic amines) is 1. The Morgan fingerprint density at radius 2 is 1.57 bits per heavy atom. The second-order valence-electron chi connectivity index (χ2n) is 15.0. The molecule has 1 aromatic carbocycles. The number of benzene rings is 1. The van der Waals surface area contributed by atoms with Gasteiger partial charge in [0.1, 0.15) is 0 Å². The largest absolute Gasteiger partial charge is 0.386 e. The SMILES string of the molecule is CC[C@H](C)[C@@H]([C@@H](CC(=O)N1CCC[C@H]1[C@H](OC)[C@@H](C)C(=O)N[C@H](C)[C@@H](O)c1ccccc1)OC)N(C)[C@H](C(=O)NC(=O)[C@@H](NC)C(C)C)C(C)C. The maximum atomic E-state index is 14.2. The molecule has 0 aromatic heterocycles. The first-order valence-electron chi connectivity index (χ1n) is 18.7. The zero-order valence-corrected chi connectivity index (χ0v) is 33.1. The molecule has 4 N–H and O–H groups in total. The van der Waals surface area contributed by atoms with Gasteiger partial charge in [-0.3, -0.25) is 29.4 Å².